The van der Waals surface area contributed by atoms with Gasteiger partial charge in [0.25, 0.3) is 5.56 Å². The number of ketones is 1. The summed E-state index contributed by atoms with van der Waals surface area (Å²) in [6.45, 7) is 2.32. The molecule has 0 amide bonds. The smallest absolute Gasteiger partial charge is 0.263 e. The number of fused-ring (bicyclic) bond motifs is 3. The fraction of sp³-hybridized carbons (Fsp3) is 0.296. The minimum Gasteiger partial charge on any atom is -0.493 e. The van der Waals surface area contributed by atoms with E-state index in [1.807, 2.05) is 37.3 Å². The van der Waals surface area contributed by atoms with Crippen LogP contribution in [0, 0.1) is 5.92 Å². The van der Waals surface area contributed by atoms with Crippen LogP contribution in [0.25, 0.3) is 21.6 Å². The number of benzene rings is 2. The van der Waals surface area contributed by atoms with E-state index in [0.29, 0.717) is 61.2 Å². The fourth-order valence-electron chi connectivity index (χ4n) is 4.74. The number of Topliss-reactive ketones (excluding diaryl/α,β-unsaturated/α-hetero) is 1. The van der Waals surface area contributed by atoms with Crippen LogP contribution in [-0.2, 0) is 13.0 Å². The number of carbonyl (C=O) groups excluding carboxylic acids is 1. The summed E-state index contributed by atoms with van der Waals surface area (Å²) >= 11 is 8.47. The third kappa shape index (κ3) is 4.28. The first-order valence-corrected chi connectivity index (χ1v) is 14.1. The van der Waals surface area contributed by atoms with Crippen LogP contribution in [-0.4, -0.2) is 41.5 Å². The van der Waals surface area contributed by atoms with Crippen LogP contribution < -0.4 is 19.8 Å². The summed E-state index contributed by atoms with van der Waals surface area (Å²) in [7, 11) is 4.61. The Morgan fingerprint density at radius 2 is 1.78 bits per heavy atom. The molecule has 0 bridgehead atoms. The Labute approximate surface area is 234 Å². The minimum absolute atomic E-state index is 0.00118. The summed E-state index contributed by atoms with van der Waals surface area (Å²) in [6, 6.07) is 11.5. The molecule has 0 saturated heterocycles. The van der Waals surface area contributed by atoms with Gasteiger partial charge in [-0.3, -0.25) is 14.2 Å². The van der Waals surface area contributed by atoms with Crippen molar-refractivity contribution in [2.75, 3.05) is 21.3 Å². The summed E-state index contributed by atoms with van der Waals surface area (Å²) in [5.74, 6) is 1.80. The van der Waals surface area contributed by atoms with Gasteiger partial charge in [0, 0.05) is 5.56 Å². The second kappa shape index (κ2) is 10.2. The Balaban J connectivity index is 1.85. The zero-order valence-corrected chi connectivity index (χ0v) is 24.6. The molecule has 0 spiro atoms. The van der Waals surface area contributed by atoms with Crippen molar-refractivity contribution in [3.05, 3.63) is 67.2 Å². The van der Waals surface area contributed by atoms with Gasteiger partial charge in [0.1, 0.15) is 10.7 Å². The van der Waals surface area contributed by atoms with E-state index in [0.717, 1.165) is 11.1 Å². The molecule has 0 aliphatic heterocycles. The van der Waals surface area contributed by atoms with Crippen molar-refractivity contribution in [3.8, 4) is 28.6 Å². The summed E-state index contributed by atoms with van der Waals surface area (Å²) in [5, 5.41) is 0.517. The zero-order chi connectivity index (χ0) is 26.4. The molecule has 0 saturated carbocycles. The molecule has 2 heterocycles. The molecule has 10 heteroatoms. The van der Waals surface area contributed by atoms with Crippen molar-refractivity contribution in [1.82, 2.24) is 9.55 Å². The average molecular weight is 648 g/mol. The third-order valence-electron chi connectivity index (χ3n) is 6.60. The van der Waals surface area contributed by atoms with Crippen LogP contribution in [0.2, 0.25) is 0 Å². The molecule has 4 aromatic rings. The summed E-state index contributed by atoms with van der Waals surface area (Å²) in [5.41, 5.74) is 2.16. The van der Waals surface area contributed by atoms with Crippen LogP contribution >= 0.6 is 43.2 Å². The average Bonchev–Trinajstić information content (AvgIpc) is 3.27. The lowest BCUT2D eigenvalue weighted by Crippen LogP contribution is -2.30. The molecule has 5 rings (SSSR count). The van der Waals surface area contributed by atoms with E-state index in [1.54, 1.807) is 17.7 Å². The first-order valence-electron chi connectivity index (χ1n) is 11.6. The van der Waals surface area contributed by atoms with Gasteiger partial charge in [-0.05, 0) is 45.5 Å². The maximum Gasteiger partial charge on any atom is 0.263 e. The highest BCUT2D eigenvalue weighted by atomic mass is 79.9. The van der Waals surface area contributed by atoms with Gasteiger partial charge in [-0.15, -0.1) is 11.3 Å². The summed E-state index contributed by atoms with van der Waals surface area (Å²) in [6.07, 6.45) is 0.631. The Kier molecular flexibility index (Phi) is 7.17. The number of rotatable bonds is 6. The molecule has 37 heavy (non-hydrogen) atoms. The van der Waals surface area contributed by atoms with Gasteiger partial charge in [-0.1, -0.05) is 53.2 Å². The van der Waals surface area contributed by atoms with Crippen molar-refractivity contribution in [1.29, 1.82) is 0 Å². The zero-order valence-electron chi connectivity index (χ0n) is 20.6. The first kappa shape index (κ1) is 25.9. The van der Waals surface area contributed by atoms with Crippen LogP contribution in [0.5, 0.6) is 17.2 Å². The fourth-order valence-corrected chi connectivity index (χ4v) is 7.12. The van der Waals surface area contributed by atoms with Crippen molar-refractivity contribution >= 4 is 59.2 Å². The number of ether oxygens (including phenoxy) is 3. The lowest BCUT2D eigenvalue weighted by Gasteiger charge is -2.23. The van der Waals surface area contributed by atoms with Crippen LogP contribution in [0.4, 0.5) is 0 Å². The topological polar surface area (TPSA) is 79.7 Å². The lowest BCUT2D eigenvalue weighted by molar-refractivity contribution is 0.0969. The number of methoxy groups -OCH3 is 3. The van der Waals surface area contributed by atoms with E-state index in [9.17, 15) is 9.59 Å². The van der Waals surface area contributed by atoms with Crippen molar-refractivity contribution in [2.45, 2.75) is 24.7 Å². The van der Waals surface area contributed by atoms with E-state index in [1.165, 1.54) is 25.6 Å². The molecule has 0 N–H and O–H groups in total. The molecule has 1 aliphatic rings. The highest BCUT2D eigenvalue weighted by Gasteiger charge is 2.36. The molecule has 1 aliphatic carbocycles. The molecule has 2 aromatic heterocycles. The van der Waals surface area contributed by atoms with Crippen LogP contribution in [0.3, 0.4) is 0 Å². The lowest BCUT2D eigenvalue weighted by atomic mass is 9.88. The largest absolute Gasteiger partial charge is 0.493 e. The van der Waals surface area contributed by atoms with Gasteiger partial charge in [-0.2, -0.15) is 0 Å². The number of hydrogen-bond donors (Lipinski definition) is 0. The molecule has 192 valence electrons. The maximum absolute atomic E-state index is 14.2. The maximum atomic E-state index is 14.2. The third-order valence-corrected chi connectivity index (χ3v) is 9.85. The number of thiophene rings is 1. The quantitative estimate of drug-likeness (QED) is 0.235. The number of carbonyl (C=O) groups is 1. The van der Waals surface area contributed by atoms with Crippen molar-refractivity contribution in [2.24, 2.45) is 5.92 Å². The Morgan fingerprint density at radius 1 is 1.08 bits per heavy atom. The summed E-state index contributed by atoms with van der Waals surface area (Å²) < 4.78 is 19.0. The second-order valence-corrected chi connectivity index (χ2v) is 11.6. The predicted molar refractivity (Wildman–Crippen MR) is 152 cm³/mol. The van der Waals surface area contributed by atoms with Crippen LogP contribution in [0.1, 0.15) is 27.7 Å². The monoisotopic (exact) mass is 646 g/mol. The van der Waals surface area contributed by atoms with E-state index in [4.69, 9.17) is 19.2 Å². The van der Waals surface area contributed by atoms with Gasteiger partial charge >= 0.3 is 0 Å². The van der Waals surface area contributed by atoms with Crippen molar-refractivity contribution in [3.63, 3.8) is 0 Å². The molecular formula is C27H24Br2N2O5S. The molecule has 2 atom stereocenters. The van der Waals surface area contributed by atoms with Gasteiger partial charge in [0.2, 0.25) is 5.75 Å². The molecule has 7 nitrogen and oxygen atoms in total. The molecule has 0 fully saturated rings. The highest BCUT2D eigenvalue weighted by Crippen LogP contribution is 2.48. The molecular weight excluding hydrogens is 624 g/mol. The van der Waals surface area contributed by atoms with E-state index >= 15 is 0 Å². The Bertz CT molecular complexity index is 1580. The predicted octanol–water partition coefficient (Wildman–Crippen LogP) is 6.10. The standard InChI is InChI=1S/C27H24Br2N2O5S/c1-13-10-15-18-26(37-24(15)21(32)19(13)28)30-25(31(27(18)33)12-14-8-6-5-7-9-14)16-11-17(34-2)22(35-3)23(36-4)20(16)29/h5-9,11,13,19H,10,12H2,1-4H3. The summed E-state index contributed by atoms with van der Waals surface area (Å²) in [4.78, 5) is 33.2. The Morgan fingerprint density at radius 3 is 2.43 bits per heavy atom. The molecule has 2 aromatic carbocycles. The number of nitrogens with zero attached hydrogens (tertiary/aromatic N) is 2. The molecule has 0 radical (unpaired) electrons. The number of halogens is 2. The number of hydrogen-bond acceptors (Lipinski definition) is 7. The normalized spacial score (nSPS) is 17.1. The van der Waals surface area contributed by atoms with Gasteiger partial charge in [0.05, 0.1) is 47.4 Å². The second-order valence-electron chi connectivity index (χ2n) is 8.86. The molecule has 2 unspecified atom stereocenters. The van der Waals surface area contributed by atoms with E-state index < -0.39 is 0 Å². The minimum atomic E-state index is -0.275. The van der Waals surface area contributed by atoms with Crippen molar-refractivity contribution < 1.29 is 19.0 Å². The van der Waals surface area contributed by atoms with E-state index in [-0.39, 0.29) is 22.1 Å². The first-order chi connectivity index (χ1) is 17.8. The van der Waals surface area contributed by atoms with E-state index in [2.05, 4.69) is 31.9 Å². The Hall–Kier alpha value is -2.69. The van der Waals surface area contributed by atoms with Gasteiger partial charge in [-0.25, -0.2) is 4.98 Å². The number of aromatic nitrogens is 2. The van der Waals surface area contributed by atoms with Gasteiger partial charge < -0.3 is 14.2 Å². The number of alkyl halides is 1. The van der Waals surface area contributed by atoms with Crippen LogP contribution in [0.15, 0.2) is 45.7 Å². The highest BCUT2D eigenvalue weighted by molar-refractivity contribution is 9.10. The SMILES string of the molecule is COc1cc(-c2nc3sc4c(c3c(=O)n2Cc2ccccc2)CC(C)C(Br)C4=O)c(Br)c(OC)c1OC. The van der Waals surface area contributed by atoms with Gasteiger partial charge in [0.15, 0.2) is 17.3 Å².